The van der Waals surface area contributed by atoms with E-state index < -0.39 is 0 Å². The van der Waals surface area contributed by atoms with Crippen LogP contribution < -0.4 is 5.32 Å². The fourth-order valence-electron chi connectivity index (χ4n) is 2.69. The third-order valence-electron chi connectivity index (χ3n) is 3.82. The van der Waals surface area contributed by atoms with Gasteiger partial charge in [0.05, 0.1) is 0 Å². The van der Waals surface area contributed by atoms with E-state index in [1.807, 2.05) is 20.8 Å². The minimum absolute atomic E-state index is 0.0992. The van der Waals surface area contributed by atoms with Gasteiger partial charge in [-0.2, -0.15) is 0 Å². The number of carbonyl (C=O) groups is 1. The number of hydrogen-bond acceptors (Lipinski definition) is 1. The van der Waals surface area contributed by atoms with Crippen molar-refractivity contribution in [1.29, 1.82) is 0 Å². The largest absolute Gasteiger partial charge is 0.351 e. The molecular weight excluding hydrogens is 210 g/mol. The van der Waals surface area contributed by atoms with Gasteiger partial charge in [-0.1, -0.05) is 20.8 Å². The molecule has 2 heteroatoms. The molecule has 0 heterocycles. The molecule has 1 fully saturated rings. The van der Waals surface area contributed by atoms with Crippen molar-refractivity contribution in [2.75, 3.05) is 0 Å². The highest BCUT2D eigenvalue weighted by molar-refractivity contribution is 5.79. The van der Waals surface area contributed by atoms with E-state index in [1.165, 1.54) is 12.8 Å². The Hall–Kier alpha value is -0.530. The van der Waals surface area contributed by atoms with Crippen molar-refractivity contribution in [3.63, 3.8) is 0 Å². The molecular formula is C15H29NO. The first-order valence-corrected chi connectivity index (χ1v) is 6.91. The average molecular weight is 239 g/mol. The Morgan fingerprint density at radius 1 is 0.941 bits per heavy atom. The zero-order chi connectivity index (χ0) is 13.3. The normalized spacial score (nSPS) is 26.7. The summed E-state index contributed by atoms with van der Waals surface area (Å²) in [6.45, 7) is 13.1. The van der Waals surface area contributed by atoms with Crippen LogP contribution in [0, 0.1) is 17.3 Å². The lowest BCUT2D eigenvalue weighted by atomic mass is 9.69. The second-order valence-electron chi connectivity index (χ2n) is 7.65. The maximum absolute atomic E-state index is 12.1. The monoisotopic (exact) mass is 239 g/mol. The summed E-state index contributed by atoms with van der Waals surface area (Å²) in [6, 6.07) is 0. The smallest absolute Gasteiger partial charge is 0.223 e. The zero-order valence-electron chi connectivity index (χ0n) is 12.4. The van der Waals surface area contributed by atoms with Crippen LogP contribution in [0.4, 0.5) is 0 Å². The molecule has 100 valence electrons. The summed E-state index contributed by atoms with van der Waals surface area (Å²) in [5.74, 6) is 1.28. The molecule has 0 aromatic carbocycles. The molecule has 1 saturated carbocycles. The van der Waals surface area contributed by atoms with Crippen LogP contribution in [0.2, 0.25) is 0 Å². The van der Waals surface area contributed by atoms with Crippen molar-refractivity contribution in [2.24, 2.45) is 17.3 Å². The number of nitrogens with one attached hydrogen (secondary N) is 1. The van der Waals surface area contributed by atoms with Crippen LogP contribution in [0.25, 0.3) is 0 Å². The van der Waals surface area contributed by atoms with E-state index in [0.29, 0.717) is 5.41 Å². The predicted octanol–water partition coefficient (Wildman–Crippen LogP) is 3.75. The highest BCUT2D eigenvalue weighted by Gasteiger charge is 2.33. The van der Waals surface area contributed by atoms with Gasteiger partial charge in [0, 0.05) is 11.5 Å². The van der Waals surface area contributed by atoms with Crippen molar-refractivity contribution in [1.82, 2.24) is 5.32 Å². The minimum atomic E-state index is -0.0992. The van der Waals surface area contributed by atoms with E-state index in [-0.39, 0.29) is 17.4 Å². The summed E-state index contributed by atoms with van der Waals surface area (Å²) in [5.41, 5.74) is 0.295. The topological polar surface area (TPSA) is 29.1 Å². The molecule has 1 rings (SSSR count). The van der Waals surface area contributed by atoms with Crippen LogP contribution in [0.1, 0.15) is 67.2 Å². The Labute approximate surface area is 107 Å². The average Bonchev–Trinajstić information content (AvgIpc) is 2.14. The Balaban J connectivity index is 2.45. The van der Waals surface area contributed by atoms with E-state index in [9.17, 15) is 4.79 Å². The number of carbonyl (C=O) groups excluding carboxylic acids is 1. The number of rotatable bonds is 1. The lowest BCUT2D eigenvalue weighted by Gasteiger charge is -2.37. The number of hydrogen-bond donors (Lipinski definition) is 1. The first-order valence-electron chi connectivity index (χ1n) is 6.91. The van der Waals surface area contributed by atoms with Crippen LogP contribution in [-0.2, 0) is 4.79 Å². The summed E-state index contributed by atoms with van der Waals surface area (Å²) >= 11 is 0. The van der Waals surface area contributed by atoms with Crippen LogP contribution in [0.15, 0.2) is 0 Å². The van der Waals surface area contributed by atoms with Gasteiger partial charge in [0.15, 0.2) is 0 Å². The van der Waals surface area contributed by atoms with E-state index in [2.05, 4.69) is 26.1 Å². The van der Waals surface area contributed by atoms with Crippen LogP contribution >= 0.6 is 0 Å². The summed E-state index contributed by atoms with van der Waals surface area (Å²) in [7, 11) is 0. The lowest BCUT2D eigenvalue weighted by molar-refractivity contribution is -0.128. The molecule has 0 aliphatic heterocycles. The molecule has 0 bridgehead atoms. The lowest BCUT2D eigenvalue weighted by Crippen LogP contribution is -2.45. The summed E-state index contributed by atoms with van der Waals surface area (Å²) < 4.78 is 0. The first kappa shape index (κ1) is 14.5. The molecule has 17 heavy (non-hydrogen) atoms. The molecule has 0 unspecified atom stereocenters. The maximum Gasteiger partial charge on any atom is 0.223 e. The standard InChI is InChI=1S/C15H29NO/c1-14(2,3)12-9-7-11(8-10-12)13(17)16-15(4,5)6/h11-12H,7-10H2,1-6H3,(H,16,17). The Bertz CT molecular complexity index is 262. The summed E-state index contributed by atoms with van der Waals surface area (Å²) in [4.78, 5) is 12.1. The second-order valence-corrected chi connectivity index (χ2v) is 7.65. The zero-order valence-corrected chi connectivity index (χ0v) is 12.4. The quantitative estimate of drug-likeness (QED) is 0.742. The highest BCUT2D eigenvalue weighted by atomic mass is 16.2. The number of amides is 1. The SMILES string of the molecule is CC(C)(C)NC(=O)C1CCC(C(C)(C)C)CC1. The molecule has 1 aliphatic carbocycles. The third-order valence-corrected chi connectivity index (χ3v) is 3.82. The molecule has 0 atom stereocenters. The molecule has 0 saturated heterocycles. The molecule has 0 aromatic heterocycles. The minimum Gasteiger partial charge on any atom is -0.351 e. The second kappa shape index (κ2) is 4.99. The van der Waals surface area contributed by atoms with E-state index >= 15 is 0 Å². The predicted molar refractivity (Wildman–Crippen MR) is 72.8 cm³/mol. The molecule has 0 aromatic rings. The third kappa shape index (κ3) is 4.69. The van der Waals surface area contributed by atoms with Crippen molar-refractivity contribution >= 4 is 5.91 Å². The molecule has 1 aliphatic rings. The maximum atomic E-state index is 12.1. The van der Waals surface area contributed by atoms with E-state index in [0.717, 1.165) is 18.8 Å². The molecule has 1 amide bonds. The molecule has 2 nitrogen and oxygen atoms in total. The fourth-order valence-corrected chi connectivity index (χ4v) is 2.69. The van der Waals surface area contributed by atoms with E-state index in [1.54, 1.807) is 0 Å². The van der Waals surface area contributed by atoms with Crippen molar-refractivity contribution in [3.8, 4) is 0 Å². The van der Waals surface area contributed by atoms with Gasteiger partial charge in [0.1, 0.15) is 0 Å². The highest BCUT2D eigenvalue weighted by Crippen LogP contribution is 2.39. The molecule has 0 radical (unpaired) electrons. The van der Waals surface area contributed by atoms with Crippen LogP contribution in [0.3, 0.4) is 0 Å². The van der Waals surface area contributed by atoms with Gasteiger partial charge in [-0.05, 0) is 57.8 Å². The van der Waals surface area contributed by atoms with Crippen LogP contribution in [-0.4, -0.2) is 11.4 Å². The molecule has 0 spiro atoms. The van der Waals surface area contributed by atoms with Crippen molar-refractivity contribution in [3.05, 3.63) is 0 Å². The van der Waals surface area contributed by atoms with E-state index in [4.69, 9.17) is 0 Å². The first-order chi connectivity index (χ1) is 7.59. The van der Waals surface area contributed by atoms with Gasteiger partial charge in [0.2, 0.25) is 5.91 Å². The van der Waals surface area contributed by atoms with Crippen molar-refractivity contribution in [2.45, 2.75) is 72.8 Å². The summed E-state index contributed by atoms with van der Waals surface area (Å²) in [6.07, 6.45) is 4.52. The molecule has 1 N–H and O–H groups in total. The van der Waals surface area contributed by atoms with Gasteiger partial charge in [-0.25, -0.2) is 0 Å². The van der Waals surface area contributed by atoms with Gasteiger partial charge < -0.3 is 5.32 Å². The fraction of sp³-hybridized carbons (Fsp3) is 0.933. The Morgan fingerprint density at radius 3 is 1.76 bits per heavy atom. The van der Waals surface area contributed by atoms with Gasteiger partial charge in [0.25, 0.3) is 0 Å². The summed E-state index contributed by atoms with van der Waals surface area (Å²) in [5, 5.41) is 3.10. The van der Waals surface area contributed by atoms with Gasteiger partial charge >= 0.3 is 0 Å². The van der Waals surface area contributed by atoms with Gasteiger partial charge in [-0.15, -0.1) is 0 Å². The Morgan fingerprint density at radius 2 is 1.41 bits per heavy atom. The van der Waals surface area contributed by atoms with Crippen molar-refractivity contribution < 1.29 is 4.79 Å². The van der Waals surface area contributed by atoms with Gasteiger partial charge in [-0.3, -0.25) is 4.79 Å². The van der Waals surface area contributed by atoms with Crippen LogP contribution in [0.5, 0.6) is 0 Å². The Kier molecular flexibility index (Phi) is 4.27.